The van der Waals surface area contributed by atoms with Crippen molar-refractivity contribution in [3.63, 3.8) is 0 Å². The van der Waals surface area contributed by atoms with Gasteiger partial charge in [0.2, 0.25) is 5.91 Å². The van der Waals surface area contributed by atoms with Gasteiger partial charge in [-0.15, -0.1) is 11.3 Å². The van der Waals surface area contributed by atoms with Crippen molar-refractivity contribution in [2.45, 2.75) is 6.43 Å². The Labute approximate surface area is 135 Å². The molecule has 0 atom stereocenters. The summed E-state index contributed by atoms with van der Waals surface area (Å²) in [5, 5.41) is 1.83. The number of nitrogens with two attached hydrogens (primary N) is 1. The summed E-state index contributed by atoms with van der Waals surface area (Å²) in [4.78, 5) is 15.6. The molecule has 0 radical (unpaired) electrons. The second-order valence-corrected chi connectivity index (χ2v) is 5.69. The lowest BCUT2D eigenvalue weighted by Gasteiger charge is -2.10. The summed E-state index contributed by atoms with van der Waals surface area (Å²) in [5.41, 5.74) is 7.65. The quantitative estimate of drug-likeness (QED) is 0.765. The Balaban J connectivity index is 2.17. The molecule has 2 N–H and O–H groups in total. The Morgan fingerprint density at radius 2 is 1.61 bits per heavy atom. The van der Waals surface area contributed by atoms with Crippen molar-refractivity contribution in [3.8, 4) is 21.7 Å². The smallest absolute Gasteiger partial charge is 0.281 e. The van der Waals surface area contributed by atoms with Crippen LogP contribution in [0.1, 0.15) is 22.5 Å². The first-order chi connectivity index (χ1) is 11.1. The normalized spacial score (nSPS) is 10.9. The predicted molar refractivity (Wildman–Crippen MR) is 86.5 cm³/mol. The fourth-order valence-corrected chi connectivity index (χ4v) is 3.20. The van der Waals surface area contributed by atoms with Crippen LogP contribution in [0.15, 0.2) is 53.9 Å². The van der Waals surface area contributed by atoms with E-state index < -0.39 is 12.3 Å². The molecule has 23 heavy (non-hydrogen) atoms. The molecule has 0 saturated carbocycles. The summed E-state index contributed by atoms with van der Waals surface area (Å²) in [5.74, 6) is -0.539. The molecule has 0 fully saturated rings. The van der Waals surface area contributed by atoms with Crippen molar-refractivity contribution in [3.05, 3.63) is 65.2 Å². The molecule has 0 aliphatic carbocycles. The molecular weight excluding hydrogens is 318 g/mol. The van der Waals surface area contributed by atoms with Gasteiger partial charge >= 0.3 is 0 Å². The van der Waals surface area contributed by atoms with E-state index in [2.05, 4.69) is 4.98 Å². The molecule has 1 heterocycles. The number of thiazole rings is 1. The van der Waals surface area contributed by atoms with Crippen molar-refractivity contribution in [2.75, 3.05) is 0 Å². The minimum Gasteiger partial charge on any atom is -0.366 e. The average molecular weight is 330 g/mol. The first kappa shape index (κ1) is 15.3. The van der Waals surface area contributed by atoms with Gasteiger partial charge in [-0.2, -0.15) is 0 Å². The number of benzene rings is 2. The van der Waals surface area contributed by atoms with Crippen LogP contribution in [0.25, 0.3) is 21.7 Å². The van der Waals surface area contributed by atoms with Gasteiger partial charge in [-0.1, -0.05) is 42.5 Å². The Morgan fingerprint density at radius 3 is 2.22 bits per heavy atom. The van der Waals surface area contributed by atoms with Gasteiger partial charge < -0.3 is 5.73 Å². The van der Waals surface area contributed by atoms with Gasteiger partial charge in [0.1, 0.15) is 10.7 Å². The van der Waals surface area contributed by atoms with Gasteiger partial charge in [0, 0.05) is 16.5 Å². The van der Waals surface area contributed by atoms with Crippen LogP contribution in [0.3, 0.4) is 0 Å². The van der Waals surface area contributed by atoms with Gasteiger partial charge in [0.15, 0.2) is 0 Å². The highest BCUT2D eigenvalue weighted by molar-refractivity contribution is 7.13. The van der Waals surface area contributed by atoms with Crippen LogP contribution >= 0.6 is 11.3 Å². The van der Waals surface area contributed by atoms with Crippen LogP contribution in [0, 0.1) is 0 Å². The third-order valence-electron chi connectivity index (χ3n) is 3.39. The largest absolute Gasteiger partial charge is 0.366 e. The Kier molecular flexibility index (Phi) is 4.16. The molecule has 2 aromatic carbocycles. The number of alkyl halides is 2. The van der Waals surface area contributed by atoms with Crippen LogP contribution in [0.2, 0.25) is 0 Å². The summed E-state index contributed by atoms with van der Waals surface area (Å²) in [7, 11) is 0. The number of hydrogen-bond donors (Lipinski definition) is 1. The van der Waals surface area contributed by atoms with E-state index in [0.717, 1.165) is 16.9 Å². The second-order valence-electron chi connectivity index (χ2n) is 4.83. The van der Waals surface area contributed by atoms with Crippen molar-refractivity contribution in [1.82, 2.24) is 4.98 Å². The molecule has 3 rings (SSSR count). The van der Waals surface area contributed by atoms with Gasteiger partial charge in [0.25, 0.3) is 6.43 Å². The summed E-state index contributed by atoms with van der Waals surface area (Å²) < 4.78 is 25.5. The van der Waals surface area contributed by atoms with E-state index in [1.165, 1.54) is 5.38 Å². The highest BCUT2D eigenvalue weighted by atomic mass is 32.1. The minimum atomic E-state index is -2.61. The zero-order valence-corrected chi connectivity index (χ0v) is 12.7. The van der Waals surface area contributed by atoms with Gasteiger partial charge in [-0.25, -0.2) is 13.8 Å². The van der Waals surface area contributed by atoms with Gasteiger partial charge in [0.05, 0.1) is 0 Å². The number of rotatable bonds is 4. The zero-order valence-electron chi connectivity index (χ0n) is 11.9. The zero-order chi connectivity index (χ0) is 16.4. The lowest BCUT2D eigenvalue weighted by Crippen LogP contribution is -2.12. The summed E-state index contributed by atoms with van der Waals surface area (Å²) in [6, 6.07) is 14.2. The van der Waals surface area contributed by atoms with Crippen molar-refractivity contribution >= 4 is 17.2 Å². The predicted octanol–water partition coefficient (Wildman–Crippen LogP) is 4.51. The Bertz CT molecular complexity index is 861. The van der Waals surface area contributed by atoms with E-state index in [1.54, 1.807) is 36.4 Å². The monoisotopic (exact) mass is 330 g/mol. The Hall–Kier alpha value is -2.60. The molecule has 3 aromatic rings. The molecule has 0 bridgehead atoms. The van der Waals surface area contributed by atoms with Gasteiger partial charge in [-0.3, -0.25) is 4.79 Å². The number of carbonyl (C=O) groups excluding carboxylic acids is 1. The number of hydrogen-bond acceptors (Lipinski definition) is 3. The average Bonchev–Trinajstić information content (AvgIpc) is 3.05. The molecule has 116 valence electrons. The van der Waals surface area contributed by atoms with Crippen LogP contribution in [-0.4, -0.2) is 10.9 Å². The topological polar surface area (TPSA) is 56.0 Å². The van der Waals surface area contributed by atoms with E-state index in [-0.39, 0.29) is 5.69 Å². The molecule has 0 saturated heterocycles. The number of halogens is 2. The van der Waals surface area contributed by atoms with Gasteiger partial charge in [-0.05, 0) is 17.2 Å². The minimum absolute atomic E-state index is 0.247. The molecule has 0 aliphatic rings. The highest BCUT2D eigenvalue weighted by Gasteiger charge is 2.17. The summed E-state index contributed by atoms with van der Waals surface area (Å²) in [6.45, 7) is 0. The van der Waals surface area contributed by atoms with E-state index in [4.69, 9.17) is 5.73 Å². The lowest BCUT2D eigenvalue weighted by atomic mass is 9.95. The third-order valence-corrected chi connectivity index (χ3v) is 4.28. The number of amides is 1. The van der Waals surface area contributed by atoms with Crippen molar-refractivity contribution in [2.24, 2.45) is 5.73 Å². The standard InChI is InChI=1S/C17H12F2N2OS/c18-15(19)14-9-23-17(21-14)13-8-4-2-6-11(13)10-5-1-3-7-12(10)16(20)22/h1-9,15H,(H2,20,22). The van der Waals surface area contributed by atoms with Crippen LogP contribution in [-0.2, 0) is 0 Å². The first-order valence-corrected chi connectivity index (χ1v) is 7.68. The molecule has 1 amide bonds. The fourth-order valence-electron chi connectivity index (χ4n) is 2.35. The van der Waals surface area contributed by atoms with E-state index in [9.17, 15) is 13.6 Å². The van der Waals surface area contributed by atoms with Crippen LogP contribution in [0.4, 0.5) is 8.78 Å². The SMILES string of the molecule is NC(=O)c1ccccc1-c1ccccc1-c1nc(C(F)F)cs1. The first-order valence-electron chi connectivity index (χ1n) is 6.80. The molecular formula is C17H12F2N2OS. The molecule has 0 spiro atoms. The lowest BCUT2D eigenvalue weighted by molar-refractivity contribution is 0.100. The number of carbonyl (C=O) groups is 1. The molecule has 0 unspecified atom stereocenters. The van der Waals surface area contributed by atoms with Crippen molar-refractivity contribution < 1.29 is 13.6 Å². The van der Waals surface area contributed by atoms with E-state index in [0.29, 0.717) is 21.7 Å². The number of nitrogens with zero attached hydrogens (tertiary/aromatic N) is 1. The maximum Gasteiger partial charge on any atom is 0.281 e. The molecule has 1 aromatic heterocycles. The van der Waals surface area contributed by atoms with Crippen molar-refractivity contribution in [1.29, 1.82) is 0 Å². The fraction of sp³-hybridized carbons (Fsp3) is 0.0588. The van der Waals surface area contributed by atoms with Crippen LogP contribution < -0.4 is 5.73 Å². The van der Waals surface area contributed by atoms with E-state index in [1.807, 2.05) is 12.1 Å². The Morgan fingerprint density at radius 1 is 1.00 bits per heavy atom. The second kappa shape index (κ2) is 6.26. The molecule has 3 nitrogen and oxygen atoms in total. The third kappa shape index (κ3) is 2.98. The maximum absolute atomic E-state index is 12.8. The number of aromatic nitrogens is 1. The summed E-state index contributed by atoms with van der Waals surface area (Å²) >= 11 is 1.15. The number of primary amides is 1. The molecule has 0 aliphatic heterocycles. The highest BCUT2D eigenvalue weighted by Crippen LogP contribution is 2.36. The van der Waals surface area contributed by atoms with Crippen LogP contribution in [0.5, 0.6) is 0 Å². The molecule has 6 heteroatoms. The van der Waals surface area contributed by atoms with E-state index >= 15 is 0 Å². The maximum atomic E-state index is 12.8. The summed E-state index contributed by atoms with van der Waals surface area (Å²) in [6.07, 6.45) is -2.61.